The molecule has 3 unspecified atom stereocenters. The van der Waals surface area contributed by atoms with Crippen molar-refractivity contribution in [2.24, 2.45) is 0 Å². The third kappa shape index (κ3) is 10.8. The van der Waals surface area contributed by atoms with Gasteiger partial charge in [0.05, 0.1) is 0 Å². The lowest BCUT2D eigenvalue weighted by Crippen LogP contribution is -2.54. The van der Waals surface area contributed by atoms with Gasteiger partial charge in [-0.25, -0.2) is 9.59 Å². The molecule has 0 radical (unpaired) electrons. The smallest absolute Gasteiger partial charge is 0.408 e. The number of phenolic OH excluding ortho intramolecular Hbond substituents is 1. The highest BCUT2D eigenvalue weighted by Gasteiger charge is 2.36. The zero-order chi connectivity index (χ0) is 31.0. The molecule has 0 saturated carbocycles. The number of hydrogen-bond acceptors (Lipinski definition) is 7. The molecule has 3 atom stereocenters. The summed E-state index contributed by atoms with van der Waals surface area (Å²) in [5, 5.41) is 15.5. The summed E-state index contributed by atoms with van der Waals surface area (Å²) < 4.78 is 10.9. The van der Waals surface area contributed by atoms with Crippen LogP contribution in [0.1, 0.15) is 72.6 Å². The van der Waals surface area contributed by atoms with Gasteiger partial charge in [-0.05, 0) is 78.6 Å². The molecule has 0 heterocycles. The summed E-state index contributed by atoms with van der Waals surface area (Å²) in [5.74, 6) is -1.93. The molecule has 0 aliphatic rings. The minimum absolute atomic E-state index is 0.0860. The second-order valence-electron chi connectivity index (χ2n) is 11.8. The molecule has 224 valence electrons. The lowest BCUT2D eigenvalue weighted by Gasteiger charge is -2.34. The summed E-state index contributed by atoms with van der Waals surface area (Å²) in [6, 6.07) is 11.8. The van der Waals surface area contributed by atoms with Crippen LogP contribution in [0, 0.1) is 0 Å². The number of carbonyl (C=O) groups excluding carboxylic acids is 4. The highest BCUT2D eigenvalue weighted by Crippen LogP contribution is 2.26. The van der Waals surface area contributed by atoms with E-state index in [2.05, 4.69) is 10.6 Å². The minimum Gasteiger partial charge on any atom is -0.508 e. The van der Waals surface area contributed by atoms with Crippen molar-refractivity contribution in [3.05, 3.63) is 65.7 Å². The van der Waals surface area contributed by atoms with E-state index in [1.807, 2.05) is 30.3 Å². The first-order chi connectivity index (χ1) is 19.0. The van der Waals surface area contributed by atoms with Crippen molar-refractivity contribution >= 4 is 23.9 Å². The fraction of sp³-hybridized carbons (Fsp3) is 0.484. The number of alkyl carbamates (subject to hydrolysis) is 1. The molecule has 0 saturated heterocycles. The molecule has 0 aromatic heterocycles. The topological polar surface area (TPSA) is 134 Å². The van der Waals surface area contributed by atoms with Gasteiger partial charge in [0, 0.05) is 13.0 Å². The van der Waals surface area contributed by atoms with Gasteiger partial charge in [-0.1, -0.05) is 42.5 Å². The Labute approximate surface area is 242 Å². The average molecular weight is 570 g/mol. The number of rotatable bonds is 10. The van der Waals surface area contributed by atoms with E-state index in [9.17, 15) is 24.3 Å². The van der Waals surface area contributed by atoms with Crippen LogP contribution in [0.25, 0.3) is 0 Å². The molecule has 2 rings (SSSR count). The number of hydrogen-bond donors (Lipinski definition) is 3. The second kappa shape index (κ2) is 14.0. The van der Waals surface area contributed by atoms with Crippen LogP contribution in [0.5, 0.6) is 5.75 Å². The van der Waals surface area contributed by atoms with Crippen molar-refractivity contribution in [2.45, 2.75) is 91.1 Å². The Hall–Kier alpha value is -4.08. The number of esters is 1. The predicted octanol–water partition coefficient (Wildman–Crippen LogP) is 4.26. The fourth-order valence-electron chi connectivity index (χ4n) is 4.09. The SMILES string of the molecule is CCN(C(=O)C(C)NC(=O)OC(C)(C)C)C(C(=O)NC(Cc1ccccc1)C(=O)OC(C)(C)C)c1cccc(O)c1. The van der Waals surface area contributed by atoms with Crippen molar-refractivity contribution < 1.29 is 33.8 Å². The quantitative estimate of drug-likeness (QED) is 0.364. The highest BCUT2D eigenvalue weighted by molar-refractivity contribution is 5.93. The Morgan fingerprint density at radius 3 is 2.02 bits per heavy atom. The number of aromatic hydroxyl groups is 1. The van der Waals surface area contributed by atoms with E-state index < -0.39 is 53.2 Å². The summed E-state index contributed by atoms with van der Waals surface area (Å²) in [7, 11) is 0. The number of phenols is 1. The lowest BCUT2D eigenvalue weighted by molar-refractivity contribution is -0.159. The number of benzene rings is 2. The first-order valence-corrected chi connectivity index (χ1v) is 13.7. The molecule has 0 aliphatic carbocycles. The maximum atomic E-state index is 14.0. The molecule has 10 heteroatoms. The monoisotopic (exact) mass is 569 g/mol. The van der Waals surface area contributed by atoms with Crippen LogP contribution < -0.4 is 10.6 Å². The number of nitrogens with zero attached hydrogens (tertiary/aromatic N) is 1. The third-order valence-corrected chi connectivity index (χ3v) is 5.76. The molecule has 0 spiro atoms. The number of nitrogens with one attached hydrogen (secondary N) is 2. The maximum Gasteiger partial charge on any atom is 0.408 e. The van der Waals surface area contributed by atoms with E-state index >= 15 is 0 Å². The number of ether oxygens (including phenoxy) is 2. The second-order valence-corrected chi connectivity index (χ2v) is 11.8. The van der Waals surface area contributed by atoms with Gasteiger partial charge in [0.25, 0.3) is 0 Å². The Bertz CT molecular complexity index is 1200. The van der Waals surface area contributed by atoms with Crippen LogP contribution in [-0.4, -0.2) is 63.7 Å². The van der Waals surface area contributed by atoms with Crippen molar-refractivity contribution in [2.75, 3.05) is 6.54 Å². The van der Waals surface area contributed by atoms with E-state index in [4.69, 9.17) is 9.47 Å². The molecular formula is C31H43N3O7. The molecule has 41 heavy (non-hydrogen) atoms. The van der Waals surface area contributed by atoms with E-state index in [-0.39, 0.29) is 18.7 Å². The summed E-state index contributed by atoms with van der Waals surface area (Å²) in [5.41, 5.74) is -0.437. The van der Waals surface area contributed by atoms with Crippen LogP contribution in [0.2, 0.25) is 0 Å². The van der Waals surface area contributed by atoms with Crippen molar-refractivity contribution in [3.63, 3.8) is 0 Å². The van der Waals surface area contributed by atoms with Crippen molar-refractivity contribution in [1.29, 1.82) is 0 Å². The Morgan fingerprint density at radius 1 is 0.878 bits per heavy atom. The molecule has 0 fully saturated rings. The summed E-state index contributed by atoms with van der Waals surface area (Å²) in [4.78, 5) is 54.4. The Kier molecular flexibility index (Phi) is 11.3. The molecule has 2 aromatic carbocycles. The zero-order valence-corrected chi connectivity index (χ0v) is 25.2. The number of carbonyl (C=O) groups is 4. The Balaban J connectivity index is 2.43. The molecular weight excluding hydrogens is 526 g/mol. The van der Waals surface area contributed by atoms with Crippen molar-refractivity contribution in [3.8, 4) is 5.75 Å². The maximum absolute atomic E-state index is 14.0. The normalized spacial score (nSPS) is 13.8. The van der Waals surface area contributed by atoms with Crippen LogP contribution in [0.15, 0.2) is 54.6 Å². The molecule has 0 aliphatic heterocycles. The van der Waals surface area contributed by atoms with Crippen LogP contribution >= 0.6 is 0 Å². The van der Waals surface area contributed by atoms with Gasteiger partial charge in [-0.2, -0.15) is 0 Å². The molecule has 2 aromatic rings. The summed E-state index contributed by atoms with van der Waals surface area (Å²) >= 11 is 0. The van der Waals surface area contributed by atoms with Gasteiger partial charge in [0.15, 0.2) is 0 Å². The third-order valence-electron chi connectivity index (χ3n) is 5.76. The largest absolute Gasteiger partial charge is 0.508 e. The average Bonchev–Trinajstić information content (AvgIpc) is 2.84. The van der Waals surface area contributed by atoms with E-state index in [0.29, 0.717) is 5.56 Å². The van der Waals surface area contributed by atoms with Crippen LogP contribution in [0.3, 0.4) is 0 Å². The van der Waals surface area contributed by atoms with Gasteiger partial charge < -0.3 is 30.1 Å². The standard InChI is InChI=1S/C31H43N3O7/c1-9-34(27(37)20(2)32-29(39)41-31(6,7)8)25(22-16-13-17-23(35)19-22)26(36)33-24(28(38)40-30(3,4)5)18-21-14-11-10-12-15-21/h10-17,19-20,24-25,35H,9,18H2,1-8H3,(H,32,39)(H,33,36). The summed E-state index contributed by atoms with van der Waals surface area (Å²) in [6.45, 7) is 13.6. The molecule has 0 bridgehead atoms. The van der Waals surface area contributed by atoms with E-state index in [1.54, 1.807) is 60.6 Å². The number of likely N-dealkylation sites (N-methyl/N-ethyl adjacent to an activating group) is 1. The molecule has 3 amide bonds. The lowest BCUT2D eigenvalue weighted by atomic mass is 10.0. The Morgan fingerprint density at radius 2 is 1.49 bits per heavy atom. The van der Waals surface area contributed by atoms with Crippen LogP contribution in [-0.2, 0) is 30.3 Å². The van der Waals surface area contributed by atoms with Gasteiger partial charge >= 0.3 is 12.1 Å². The summed E-state index contributed by atoms with van der Waals surface area (Å²) in [6.07, 6.45) is -0.620. The van der Waals surface area contributed by atoms with E-state index in [1.165, 1.54) is 24.0 Å². The van der Waals surface area contributed by atoms with Gasteiger partial charge in [0.1, 0.15) is 35.1 Å². The van der Waals surface area contributed by atoms with Gasteiger partial charge in [0.2, 0.25) is 11.8 Å². The predicted molar refractivity (Wildman–Crippen MR) is 155 cm³/mol. The fourth-order valence-corrected chi connectivity index (χ4v) is 4.09. The van der Waals surface area contributed by atoms with Crippen molar-refractivity contribution in [1.82, 2.24) is 15.5 Å². The molecule has 3 N–H and O–H groups in total. The zero-order valence-electron chi connectivity index (χ0n) is 25.2. The first-order valence-electron chi connectivity index (χ1n) is 13.7. The van der Waals surface area contributed by atoms with Crippen LogP contribution in [0.4, 0.5) is 4.79 Å². The van der Waals surface area contributed by atoms with E-state index in [0.717, 1.165) is 5.56 Å². The van der Waals surface area contributed by atoms with Gasteiger partial charge in [-0.3, -0.25) is 9.59 Å². The number of amides is 3. The molecule has 10 nitrogen and oxygen atoms in total. The first kappa shape index (κ1) is 33.1. The minimum atomic E-state index is -1.23. The highest BCUT2D eigenvalue weighted by atomic mass is 16.6. The van der Waals surface area contributed by atoms with Gasteiger partial charge in [-0.15, -0.1) is 0 Å².